The zero-order valence-corrected chi connectivity index (χ0v) is 10.6. The maximum Gasteiger partial charge on any atom is 0.416 e. The molecule has 0 fully saturated rings. The van der Waals surface area contributed by atoms with Crippen molar-refractivity contribution in [2.45, 2.75) is 6.18 Å². The molecule has 1 heterocycles. The minimum atomic E-state index is -4.45. The van der Waals surface area contributed by atoms with Crippen LogP contribution < -0.4 is 16.6 Å². The number of alkyl halides is 3. The summed E-state index contributed by atoms with van der Waals surface area (Å²) in [4.78, 5) is 7.79. The fourth-order valence-electron chi connectivity index (χ4n) is 1.43. The van der Waals surface area contributed by atoms with Crippen molar-refractivity contribution in [1.82, 2.24) is 9.97 Å². The number of hydrogen-bond donors (Lipinski definition) is 3. The molecule has 0 atom stereocenters. The van der Waals surface area contributed by atoms with Gasteiger partial charge >= 0.3 is 6.18 Å². The molecule has 0 spiro atoms. The average molecular weight is 304 g/mol. The van der Waals surface area contributed by atoms with E-state index in [-0.39, 0.29) is 22.3 Å². The van der Waals surface area contributed by atoms with Crippen LogP contribution in [0, 0.1) is 0 Å². The van der Waals surface area contributed by atoms with Crippen LogP contribution in [0.5, 0.6) is 0 Å². The molecule has 0 bridgehead atoms. The summed E-state index contributed by atoms with van der Waals surface area (Å²) >= 11 is 5.85. The quantitative estimate of drug-likeness (QED) is 0.600. The van der Waals surface area contributed by atoms with Gasteiger partial charge in [-0.25, -0.2) is 10.8 Å². The van der Waals surface area contributed by atoms with Crippen LogP contribution >= 0.6 is 11.6 Å². The Morgan fingerprint density at radius 3 is 2.50 bits per heavy atom. The Morgan fingerprint density at radius 2 is 1.85 bits per heavy atom. The predicted molar refractivity (Wildman–Crippen MR) is 69.6 cm³/mol. The Labute approximate surface area is 117 Å². The number of nitrogens with zero attached hydrogens (tertiary/aromatic N) is 2. The van der Waals surface area contributed by atoms with Crippen molar-refractivity contribution < 1.29 is 13.2 Å². The smallest absolute Gasteiger partial charge is 0.338 e. The summed E-state index contributed by atoms with van der Waals surface area (Å²) in [5.74, 6) is 5.64. The van der Waals surface area contributed by atoms with E-state index in [1.165, 1.54) is 12.4 Å². The second-order valence-corrected chi connectivity index (χ2v) is 4.16. The third kappa shape index (κ3) is 3.28. The van der Waals surface area contributed by atoms with Crippen molar-refractivity contribution in [1.29, 1.82) is 0 Å². The molecule has 0 aliphatic heterocycles. The largest absolute Gasteiger partial charge is 0.416 e. The molecular formula is C11H9ClF3N5. The number of hydrogen-bond acceptors (Lipinski definition) is 5. The number of nitrogens with two attached hydrogens (primary N) is 1. The van der Waals surface area contributed by atoms with Crippen molar-refractivity contribution in [3.05, 3.63) is 41.2 Å². The van der Waals surface area contributed by atoms with Gasteiger partial charge in [0.15, 0.2) is 11.6 Å². The van der Waals surface area contributed by atoms with Gasteiger partial charge in [0.05, 0.1) is 28.7 Å². The van der Waals surface area contributed by atoms with E-state index in [2.05, 4.69) is 20.7 Å². The van der Waals surface area contributed by atoms with Gasteiger partial charge < -0.3 is 10.7 Å². The van der Waals surface area contributed by atoms with Crippen LogP contribution in [0.4, 0.5) is 30.5 Å². The Kier molecular flexibility index (Phi) is 3.96. The SMILES string of the molecule is NNc1cncc(Nc2cc(C(F)(F)F)ccc2Cl)n1. The van der Waals surface area contributed by atoms with Crippen LogP contribution in [-0.2, 0) is 6.18 Å². The van der Waals surface area contributed by atoms with Crippen LogP contribution in [-0.4, -0.2) is 9.97 Å². The number of rotatable bonds is 3. The predicted octanol–water partition coefficient (Wildman–Crippen LogP) is 3.18. The molecule has 0 radical (unpaired) electrons. The van der Waals surface area contributed by atoms with Gasteiger partial charge in [0, 0.05) is 0 Å². The highest BCUT2D eigenvalue weighted by Gasteiger charge is 2.31. The highest BCUT2D eigenvalue weighted by Crippen LogP contribution is 2.34. The summed E-state index contributed by atoms with van der Waals surface area (Å²) in [6, 6.07) is 2.95. The zero-order chi connectivity index (χ0) is 14.8. The number of benzene rings is 1. The standard InChI is InChI=1S/C11H9ClF3N5/c12-7-2-1-6(11(13,14)15)3-8(7)18-9-4-17-5-10(19-9)20-16/h1-5H,16H2,(H2,18,19,20). The Balaban J connectivity index is 2.32. The van der Waals surface area contributed by atoms with Crippen molar-refractivity contribution in [2.75, 3.05) is 10.7 Å². The lowest BCUT2D eigenvalue weighted by Gasteiger charge is -2.12. The summed E-state index contributed by atoms with van der Waals surface area (Å²) in [6.07, 6.45) is -1.76. The van der Waals surface area contributed by atoms with Gasteiger partial charge in [0.25, 0.3) is 0 Å². The normalized spacial score (nSPS) is 11.2. The lowest BCUT2D eigenvalue weighted by Crippen LogP contribution is -2.10. The van der Waals surface area contributed by atoms with E-state index in [1.807, 2.05) is 0 Å². The molecule has 0 amide bonds. The summed E-state index contributed by atoms with van der Waals surface area (Å²) in [7, 11) is 0. The third-order valence-corrected chi connectivity index (χ3v) is 2.67. The van der Waals surface area contributed by atoms with Crippen molar-refractivity contribution >= 4 is 28.9 Å². The van der Waals surface area contributed by atoms with E-state index >= 15 is 0 Å². The number of halogens is 4. The van der Waals surface area contributed by atoms with Crippen molar-refractivity contribution in [3.8, 4) is 0 Å². The summed E-state index contributed by atoms with van der Waals surface area (Å²) in [6.45, 7) is 0. The molecule has 106 valence electrons. The van der Waals surface area contributed by atoms with Crippen molar-refractivity contribution in [2.24, 2.45) is 5.84 Å². The van der Waals surface area contributed by atoms with E-state index in [9.17, 15) is 13.2 Å². The molecule has 1 aromatic carbocycles. The lowest BCUT2D eigenvalue weighted by atomic mass is 10.2. The summed E-state index contributed by atoms with van der Waals surface area (Å²) in [5, 5.41) is 2.79. The molecule has 4 N–H and O–H groups in total. The summed E-state index contributed by atoms with van der Waals surface area (Å²) in [5.41, 5.74) is 1.54. The maximum atomic E-state index is 12.6. The van der Waals surface area contributed by atoms with Crippen LogP contribution in [0.3, 0.4) is 0 Å². The second-order valence-electron chi connectivity index (χ2n) is 3.75. The van der Waals surface area contributed by atoms with Gasteiger partial charge in [-0.3, -0.25) is 4.98 Å². The molecule has 0 unspecified atom stereocenters. The minimum Gasteiger partial charge on any atom is -0.338 e. The number of nitrogen functional groups attached to an aromatic ring is 1. The van der Waals surface area contributed by atoms with Crippen LogP contribution in [0.25, 0.3) is 0 Å². The van der Waals surface area contributed by atoms with E-state index < -0.39 is 11.7 Å². The monoisotopic (exact) mass is 303 g/mol. The minimum absolute atomic E-state index is 0.0740. The number of hydrazine groups is 1. The average Bonchev–Trinajstić information content (AvgIpc) is 2.40. The zero-order valence-electron chi connectivity index (χ0n) is 9.87. The molecular weight excluding hydrogens is 295 g/mol. The van der Waals surface area contributed by atoms with Crippen LogP contribution in [0.15, 0.2) is 30.6 Å². The fraction of sp³-hybridized carbons (Fsp3) is 0.0909. The van der Waals surface area contributed by atoms with E-state index in [1.54, 1.807) is 0 Å². The molecule has 0 aliphatic rings. The first kappa shape index (κ1) is 14.4. The van der Waals surface area contributed by atoms with E-state index in [4.69, 9.17) is 17.4 Å². The first-order valence-corrected chi connectivity index (χ1v) is 5.70. The molecule has 2 aromatic rings. The van der Waals surface area contributed by atoms with Gasteiger partial charge in [0.1, 0.15) is 0 Å². The molecule has 1 aromatic heterocycles. The summed E-state index contributed by atoms with van der Waals surface area (Å²) < 4.78 is 37.9. The van der Waals surface area contributed by atoms with Gasteiger partial charge in [-0.2, -0.15) is 13.2 Å². The molecule has 0 aliphatic carbocycles. The van der Waals surface area contributed by atoms with Gasteiger partial charge in [-0.15, -0.1) is 0 Å². The van der Waals surface area contributed by atoms with Crippen molar-refractivity contribution in [3.63, 3.8) is 0 Å². The Bertz CT molecular complexity index is 617. The molecule has 0 saturated heterocycles. The Morgan fingerprint density at radius 1 is 1.15 bits per heavy atom. The molecule has 5 nitrogen and oxygen atoms in total. The highest BCUT2D eigenvalue weighted by molar-refractivity contribution is 6.33. The number of aromatic nitrogens is 2. The van der Waals surface area contributed by atoms with Gasteiger partial charge in [0.2, 0.25) is 0 Å². The van der Waals surface area contributed by atoms with Gasteiger partial charge in [-0.05, 0) is 18.2 Å². The first-order chi connectivity index (χ1) is 9.40. The molecule has 2 rings (SSSR count). The van der Waals surface area contributed by atoms with E-state index in [0.29, 0.717) is 0 Å². The number of anilines is 3. The fourth-order valence-corrected chi connectivity index (χ4v) is 1.60. The first-order valence-electron chi connectivity index (χ1n) is 5.32. The molecule has 9 heteroatoms. The van der Waals surface area contributed by atoms with Gasteiger partial charge in [-0.1, -0.05) is 11.6 Å². The highest BCUT2D eigenvalue weighted by atomic mass is 35.5. The second kappa shape index (κ2) is 5.51. The maximum absolute atomic E-state index is 12.6. The lowest BCUT2D eigenvalue weighted by molar-refractivity contribution is -0.137. The third-order valence-electron chi connectivity index (χ3n) is 2.34. The molecule has 20 heavy (non-hydrogen) atoms. The van der Waals surface area contributed by atoms with E-state index in [0.717, 1.165) is 18.2 Å². The Hall–Kier alpha value is -2.06. The topological polar surface area (TPSA) is 75.9 Å². The van der Waals surface area contributed by atoms with Crippen LogP contribution in [0.1, 0.15) is 5.56 Å². The van der Waals surface area contributed by atoms with Crippen LogP contribution in [0.2, 0.25) is 5.02 Å². The number of nitrogens with one attached hydrogen (secondary N) is 2. The molecule has 0 saturated carbocycles.